The fourth-order valence-electron chi connectivity index (χ4n) is 7.19. The van der Waals surface area contributed by atoms with E-state index in [1.807, 2.05) is 9.80 Å². The van der Waals surface area contributed by atoms with Crippen molar-refractivity contribution in [2.24, 2.45) is 0 Å². The number of nitrogens with zero attached hydrogens (tertiary/aromatic N) is 5. The number of anilines is 2. The van der Waals surface area contributed by atoms with E-state index in [-0.39, 0.29) is 47.8 Å². The fourth-order valence-corrected chi connectivity index (χ4v) is 7.19. The second kappa shape index (κ2) is 11.6. The van der Waals surface area contributed by atoms with Crippen LogP contribution in [0, 0.1) is 18.6 Å². The highest BCUT2D eigenvalue weighted by molar-refractivity contribution is 5.97. The van der Waals surface area contributed by atoms with Crippen molar-refractivity contribution < 1.29 is 40.6 Å². The van der Waals surface area contributed by atoms with E-state index in [9.17, 15) is 17.6 Å². The van der Waals surface area contributed by atoms with Gasteiger partial charge < -0.3 is 30.2 Å². The molecule has 4 aliphatic heterocycles. The smallest absolute Gasteiger partial charge is 0.417 e. The number of halogens is 6. The number of pyridine rings is 1. The summed E-state index contributed by atoms with van der Waals surface area (Å²) in [5, 5.41) is 3.61. The molecule has 3 N–H and O–H groups in total. The Labute approximate surface area is 260 Å². The molecule has 0 unspecified atom stereocenters. The summed E-state index contributed by atoms with van der Waals surface area (Å²) in [7, 11) is 0. The number of rotatable bonds is 6. The molecule has 2 aromatic heterocycles. The van der Waals surface area contributed by atoms with Gasteiger partial charge in [0.25, 0.3) is 0 Å². The molecule has 3 fully saturated rings. The van der Waals surface area contributed by atoms with Crippen molar-refractivity contribution in [3.05, 3.63) is 28.8 Å². The second-order valence-electron chi connectivity index (χ2n) is 12.3. The highest BCUT2D eigenvalue weighted by Gasteiger charge is 2.47. The number of nitrogens with two attached hydrogens (primary N) is 1. The molecule has 2 bridgehead atoms. The number of alkyl halides is 4. The maximum Gasteiger partial charge on any atom is 0.417 e. The van der Waals surface area contributed by atoms with E-state index >= 15 is 8.78 Å². The van der Waals surface area contributed by atoms with E-state index in [0.29, 0.717) is 38.9 Å². The van der Waals surface area contributed by atoms with Crippen LogP contribution in [0.15, 0.2) is 6.07 Å². The molecule has 248 valence electrons. The van der Waals surface area contributed by atoms with E-state index in [1.165, 1.54) is 0 Å². The molecule has 6 heterocycles. The van der Waals surface area contributed by atoms with Crippen molar-refractivity contribution in [3.8, 4) is 23.1 Å². The zero-order valence-electron chi connectivity index (χ0n) is 25.1. The van der Waals surface area contributed by atoms with Gasteiger partial charge in [-0.15, -0.1) is 0 Å². The molecular formula is C30H33F6N7O3. The lowest BCUT2D eigenvalue weighted by Gasteiger charge is -2.42. The van der Waals surface area contributed by atoms with Crippen LogP contribution in [0.1, 0.15) is 30.9 Å². The summed E-state index contributed by atoms with van der Waals surface area (Å²) in [6.07, 6.45) is -5.33. The minimum Gasteiger partial charge on any atom is -0.472 e. The number of aromatic nitrogens is 3. The van der Waals surface area contributed by atoms with E-state index in [4.69, 9.17) is 19.9 Å². The molecule has 3 saturated heterocycles. The molecule has 3 aromatic rings. The standard InChI is InChI=1S/C30H33F6N7O3/c1-13-21(30(34,35)36)17(9-18(37)22(13)32)24-23(33)25-20-27(41-29(40-25)45-12-15(31)10-42-5-7-44-8-6-42)43-11-16-3-4-19(38-16)26(43)14(2)46-28(20)39-24/h9,14-16,19,26,38H,3-8,10-12,37H2,1-2H3/t14-,15-,16+,19-,26+/m0/s1. The summed E-state index contributed by atoms with van der Waals surface area (Å²) < 4.78 is 107. The summed E-state index contributed by atoms with van der Waals surface area (Å²) >= 11 is 0. The lowest BCUT2D eigenvalue weighted by atomic mass is 9.96. The Morgan fingerprint density at radius 2 is 1.89 bits per heavy atom. The minimum absolute atomic E-state index is 0.0121. The predicted octanol–water partition coefficient (Wildman–Crippen LogP) is 4.02. The van der Waals surface area contributed by atoms with Crippen molar-refractivity contribution in [2.45, 2.75) is 63.3 Å². The number of nitrogen functional groups attached to an aromatic ring is 1. The predicted molar refractivity (Wildman–Crippen MR) is 156 cm³/mol. The van der Waals surface area contributed by atoms with Crippen molar-refractivity contribution in [3.63, 3.8) is 0 Å². The first-order valence-electron chi connectivity index (χ1n) is 15.2. The summed E-state index contributed by atoms with van der Waals surface area (Å²) in [6, 6.07) is 0.168. The van der Waals surface area contributed by atoms with Gasteiger partial charge in [-0.25, -0.2) is 18.2 Å². The number of morpholine rings is 1. The molecule has 46 heavy (non-hydrogen) atoms. The summed E-state index contributed by atoms with van der Waals surface area (Å²) in [6.45, 7) is 4.96. The van der Waals surface area contributed by atoms with Crippen molar-refractivity contribution in [1.29, 1.82) is 0 Å². The third-order valence-corrected chi connectivity index (χ3v) is 9.25. The van der Waals surface area contributed by atoms with E-state index in [1.54, 1.807) is 6.92 Å². The largest absolute Gasteiger partial charge is 0.472 e. The highest BCUT2D eigenvalue weighted by atomic mass is 19.4. The molecule has 0 saturated carbocycles. The molecule has 10 nitrogen and oxygen atoms in total. The number of fused-ring (bicyclic) bond motifs is 5. The van der Waals surface area contributed by atoms with Crippen LogP contribution in [-0.4, -0.2) is 96.3 Å². The Kier molecular flexibility index (Phi) is 7.79. The number of nitrogens with one attached hydrogen (secondary N) is 1. The molecule has 1 aromatic carbocycles. The van der Waals surface area contributed by atoms with Crippen molar-refractivity contribution in [2.75, 3.05) is 56.6 Å². The van der Waals surface area contributed by atoms with Crippen LogP contribution in [-0.2, 0) is 10.9 Å². The number of piperazine rings is 1. The molecule has 0 aliphatic carbocycles. The Hall–Kier alpha value is -3.63. The van der Waals surface area contributed by atoms with Gasteiger partial charge in [0.15, 0.2) is 5.82 Å². The first-order chi connectivity index (χ1) is 21.9. The van der Waals surface area contributed by atoms with Crippen LogP contribution in [0.5, 0.6) is 11.9 Å². The molecule has 16 heteroatoms. The second-order valence-corrected chi connectivity index (χ2v) is 12.3. The Balaban J connectivity index is 1.38. The van der Waals surface area contributed by atoms with Crippen LogP contribution in [0.25, 0.3) is 22.2 Å². The van der Waals surface area contributed by atoms with Crippen molar-refractivity contribution >= 4 is 22.4 Å². The molecule has 5 atom stereocenters. The number of hydrogen-bond acceptors (Lipinski definition) is 10. The van der Waals surface area contributed by atoms with Gasteiger partial charge in [-0.3, -0.25) is 4.90 Å². The average Bonchev–Trinajstić information content (AvgIpc) is 3.33. The third-order valence-electron chi connectivity index (χ3n) is 9.25. The van der Waals surface area contributed by atoms with Gasteiger partial charge in [0.05, 0.1) is 30.5 Å². The van der Waals surface area contributed by atoms with Crippen LogP contribution in [0.2, 0.25) is 0 Å². The number of hydrogen-bond donors (Lipinski definition) is 2. The number of benzene rings is 1. The highest BCUT2D eigenvalue weighted by Crippen LogP contribution is 2.47. The zero-order chi connectivity index (χ0) is 32.5. The maximum atomic E-state index is 16.6. The maximum absolute atomic E-state index is 16.6. The summed E-state index contributed by atoms with van der Waals surface area (Å²) in [4.78, 5) is 17.0. The molecule has 0 spiro atoms. The first kappa shape index (κ1) is 31.0. The first-order valence-corrected chi connectivity index (χ1v) is 15.2. The number of ether oxygens (including phenoxy) is 3. The average molecular weight is 654 g/mol. The molecule has 0 amide bonds. The topological polar surface area (TPSA) is 111 Å². The quantitative estimate of drug-likeness (QED) is 0.299. The fraction of sp³-hybridized carbons (Fsp3) is 0.567. The molecule has 4 aliphatic rings. The lowest BCUT2D eigenvalue weighted by Crippen LogP contribution is -2.62. The molecular weight excluding hydrogens is 620 g/mol. The molecule has 7 rings (SSSR count). The van der Waals surface area contributed by atoms with Crippen molar-refractivity contribution in [1.82, 2.24) is 25.2 Å². The van der Waals surface area contributed by atoms with Crippen LogP contribution in [0.3, 0.4) is 0 Å². The Bertz CT molecular complexity index is 1670. The van der Waals surface area contributed by atoms with Gasteiger partial charge in [-0.05, 0) is 38.3 Å². The van der Waals surface area contributed by atoms with E-state index in [0.717, 1.165) is 19.8 Å². The zero-order valence-corrected chi connectivity index (χ0v) is 25.1. The van der Waals surface area contributed by atoms with Gasteiger partial charge >= 0.3 is 12.2 Å². The Morgan fingerprint density at radius 3 is 2.63 bits per heavy atom. The lowest BCUT2D eigenvalue weighted by molar-refractivity contribution is -0.137. The van der Waals surface area contributed by atoms with E-state index in [2.05, 4.69) is 20.3 Å². The minimum atomic E-state index is -5.08. The van der Waals surface area contributed by atoms with Gasteiger partial charge in [0.2, 0.25) is 5.88 Å². The molecule has 0 radical (unpaired) electrons. The van der Waals surface area contributed by atoms with E-state index < -0.39 is 70.3 Å². The summed E-state index contributed by atoms with van der Waals surface area (Å²) in [5.74, 6) is -2.45. The monoisotopic (exact) mass is 653 g/mol. The van der Waals surface area contributed by atoms with Crippen LogP contribution in [0.4, 0.5) is 37.8 Å². The van der Waals surface area contributed by atoms with Crippen LogP contribution >= 0.6 is 0 Å². The van der Waals surface area contributed by atoms with Gasteiger partial charge in [-0.1, -0.05) is 0 Å². The SMILES string of the molecule is Cc1c(F)c(N)cc(-c2nc3c4c(nc(OC[C@@H](F)CN5CCOCC5)nc4c2F)N2C[C@H]4CC[C@H](N4)[C@H]2[C@H](C)O3)c1C(F)(F)F. The van der Waals surface area contributed by atoms with Gasteiger partial charge in [0, 0.05) is 43.8 Å². The van der Waals surface area contributed by atoms with Gasteiger partial charge in [0.1, 0.15) is 47.1 Å². The normalized spacial score (nSPS) is 25.3. The third kappa shape index (κ3) is 5.33. The summed E-state index contributed by atoms with van der Waals surface area (Å²) in [5.41, 5.74) is 0.933. The Morgan fingerprint density at radius 1 is 1.13 bits per heavy atom. The van der Waals surface area contributed by atoms with Crippen LogP contribution < -0.4 is 25.4 Å². The van der Waals surface area contributed by atoms with Gasteiger partial charge in [-0.2, -0.15) is 23.1 Å².